The van der Waals surface area contributed by atoms with Crippen LogP contribution >= 0.6 is 0 Å². The van der Waals surface area contributed by atoms with Crippen molar-refractivity contribution in [3.63, 3.8) is 0 Å². The molecule has 2 rings (SSSR count). The minimum absolute atomic E-state index is 0.679. The highest BCUT2D eigenvalue weighted by atomic mass is 15.2. The number of aliphatic imine (C=N–C) groups is 1. The maximum absolute atomic E-state index is 4.66. The highest BCUT2D eigenvalue weighted by molar-refractivity contribution is 5.80. The molecule has 0 aromatic carbocycles. The van der Waals surface area contributed by atoms with E-state index in [0.717, 1.165) is 19.0 Å². The molecule has 0 spiro atoms. The molecule has 0 bridgehead atoms. The average Bonchev–Trinajstić information content (AvgIpc) is 3.24. The predicted molar refractivity (Wildman–Crippen MR) is 85.3 cm³/mol. The average molecular weight is 281 g/mol. The summed E-state index contributed by atoms with van der Waals surface area (Å²) in [7, 11) is 2.21. The van der Waals surface area contributed by atoms with Gasteiger partial charge in [0.05, 0.1) is 0 Å². The van der Waals surface area contributed by atoms with Gasteiger partial charge in [-0.1, -0.05) is 0 Å². The molecule has 0 atom stereocenters. The van der Waals surface area contributed by atoms with Gasteiger partial charge in [0.2, 0.25) is 0 Å². The van der Waals surface area contributed by atoms with E-state index in [1.54, 1.807) is 0 Å². The Bertz CT molecular complexity index is 293. The monoisotopic (exact) mass is 281 g/mol. The largest absolute Gasteiger partial charge is 0.357 e. The molecule has 5 heteroatoms. The van der Waals surface area contributed by atoms with E-state index < -0.39 is 0 Å². The Hall–Kier alpha value is -0.810. The van der Waals surface area contributed by atoms with E-state index in [2.05, 4.69) is 39.4 Å². The van der Waals surface area contributed by atoms with Crippen LogP contribution in [0.1, 0.15) is 32.6 Å². The van der Waals surface area contributed by atoms with Crippen molar-refractivity contribution in [1.29, 1.82) is 0 Å². The molecule has 116 valence electrons. The van der Waals surface area contributed by atoms with Gasteiger partial charge in [0.25, 0.3) is 0 Å². The Kier molecular flexibility index (Phi) is 6.60. The molecule has 1 aliphatic carbocycles. The van der Waals surface area contributed by atoms with Crippen LogP contribution in [-0.4, -0.2) is 74.7 Å². The molecule has 2 fully saturated rings. The Labute approximate surface area is 123 Å². The third-order valence-corrected chi connectivity index (χ3v) is 4.01. The van der Waals surface area contributed by atoms with Crippen LogP contribution in [0.5, 0.6) is 0 Å². The number of nitrogens with one attached hydrogen (secondary N) is 2. The van der Waals surface area contributed by atoms with E-state index in [9.17, 15) is 0 Å². The van der Waals surface area contributed by atoms with Crippen molar-refractivity contribution < 1.29 is 0 Å². The summed E-state index contributed by atoms with van der Waals surface area (Å²) in [5.41, 5.74) is 0. The molecule has 2 aliphatic rings. The van der Waals surface area contributed by atoms with Gasteiger partial charge in [0, 0.05) is 45.3 Å². The van der Waals surface area contributed by atoms with Gasteiger partial charge in [-0.15, -0.1) is 0 Å². The number of rotatable bonds is 7. The normalized spacial score (nSPS) is 22.0. The summed E-state index contributed by atoms with van der Waals surface area (Å²) in [5, 5.41) is 6.78. The molecule has 1 aliphatic heterocycles. The summed E-state index contributed by atoms with van der Waals surface area (Å²) in [6.07, 6.45) is 5.05. The minimum Gasteiger partial charge on any atom is -0.357 e. The first-order valence-corrected chi connectivity index (χ1v) is 8.23. The van der Waals surface area contributed by atoms with Crippen molar-refractivity contribution in [2.24, 2.45) is 4.99 Å². The van der Waals surface area contributed by atoms with Gasteiger partial charge in [-0.3, -0.25) is 4.99 Å². The molecule has 0 unspecified atom stereocenters. The molecular formula is C15H31N5. The second-order valence-corrected chi connectivity index (χ2v) is 6.03. The van der Waals surface area contributed by atoms with E-state index >= 15 is 0 Å². The summed E-state index contributed by atoms with van der Waals surface area (Å²) in [6.45, 7) is 10.1. The Balaban J connectivity index is 1.54. The van der Waals surface area contributed by atoms with E-state index in [-0.39, 0.29) is 0 Å². The van der Waals surface area contributed by atoms with Crippen molar-refractivity contribution in [3.05, 3.63) is 0 Å². The Morgan fingerprint density at radius 1 is 1.15 bits per heavy atom. The lowest BCUT2D eigenvalue weighted by Crippen LogP contribution is -2.44. The Morgan fingerprint density at radius 2 is 1.90 bits per heavy atom. The predicted octanol–water partition coefficient (Wildman–Crippen LogP) is 0.732. The number of unbranched alkanes of at least 4 members (excludes halogenated alkanes) is 1. The molecule has 1 heterocycles. The first kappa shape index (κ1) is 15.6. The summed E-state index contributed by atoms with van der Waals surface area (Å²) >= 11 is 0. The molecule has 20 heavy (non-hydrogen) atoms. The molecule has 0 aromatic heterocycles. The van der Waals surface area contributed by atoms with E-state index in [1.807, 2.05) is 0 Å². The van der Waals surface area contributed by atoms with Crippen LogP contribution < -0.4 is 10.6 Å². The third-order valence-electron chi connectivity index (χ3n) is 4.01. The number of piperazine rings is 1. The zero-order chi connectivity index (χ0) is 14.2. The SMILES string of the molecule is CCNC(=NCCCCN1CCN(C)CC1)NC1CC1. The lowest BCUT2D eigenvalue weighted by molar-refractivity contribution is 0.152. The third kappa shape index (κ3) is 6.09. The van der Waals surface area contributed by atoms with Gasteiger partial charge >= 0.3 is 0 Å². The second-order valence-electron chi connectivity index (χ2n) is 6.03. The van der Waals surface area contributed by atoms with Crippen LogP contribution in [-0.2, 0) is 0 Å². The summed E-state index contributed by atoms with van der Waals surface area (Å²) in [5.74, 6) is 1.01. The maximum Gasteiger partial charge on any atom is 0.191 e. The van der Waals surface area contributed by atoms with Gasteiger partial charge in [-0.05, 0) is 46.2 Å². The molecule has 5 nitrogen and oxygen atoms in total. The zero-order valence-electron chi connectivity index (χ0n) is 13.2. The fraction of sp³-hybridized carbons (Fsp3) is 0.933. The number of likely N-dealkylation sites (N-methyl/N-ethyl adjacent to an activating group) is 1. The molecule has 0 amide bonds. The fourth-order valence-electron chi connectivity index (χ4n) is 2.45. The standard InChI is InChI=1S/C15H31N5/c1-3-16-15(18-14-6-7-14)17-8-4-5-9-20-12-10-19(2)11-13-20/h14H,3-13H2,1-2H3,(H2,16,17,18). The molecule has 2 N–H and O–H groups in total. The quantitative estimate of drug-likeness (QED) is 0.410. The van der Waals surface area contributed by atoms with Crippen LogP contribution in [0.15, 0.2) is 4.99 Å². The van der Waals surface area contributed by atoms with Crippen molar-refractivity contribution in [2.75, 3.05) is 52.9 Å². The van der Waals surface area contributed by atoms with Crippen molar-refractivity contribution in [2.45, 2.75) is 38.6 Å². The highest BCUT2D eigenvalue weighted by Crippen LogP contribution is 2.18. The molecular weight excluding hydrogens is 250 g/mol. The number of guanidine groups is 1. The molecule has 0 radical (unpaired) electrons. The smallest absolute Gasteiger partial charge is 0.191 e. The number of hydrogen-bond donors (Lipinski definition) is 2. The summed E-state index contributed by atoms with van der Waals surface area (Å²) in [4.78, 5) is 9.65. The second kappa shape index (κ2) is 8.47. The molecule has 1 saturated heterocycles. The topological polar surface area (TPSA) is 42.9 Å². The lowest BCUT2D eigenvalue weighted by atomic mass is 10.2. The van der Waals surface area contributed by atoms with Gasteiger partial charge in [0.15, 0.2) is 5.96 Å². The number of hydrogen-bond acceptors (Lipinski definition) is 3. The van der Waals surface area contributed by atoms with E-state index in [4.69, 9.17) is 0 Å². The first-order valence-electron chi connectivity index (χ1n) is 8.23. The highest BCUT2D eigenvalue weighted by Gasteiger charge is 2.21. The molecule has 0 aromatic rings. The minimum atomic E-state index is 0.679. The van der Waals surface area contributed by atoms with Crippen molar-refractivity contribution in [3.8, 4) is 0 Å². The first-order chi connectivity index (χ1) is 9.78. The van der Waals surface area contributed by atoms with Gasteiger partial charge < -0.3 is 20.4 Å². The van der Waals surface area contributed by atoms with E-state index in [1.165, 1.54) is 58.4 Å². The summed E-state index contributed by atoms with van der Waals surface area (Å²) in [6, 6.07) is 0.679. The van der Waals surface area contributed by atoms with Crippen LogP contribution in [0, 0.1) is 0 Å². The van der Waals surface area contributed by atoms with Gasteiger partial charge in [-0.25, -0.2) is 0 Å². The van der Waals surface area contributed by atoms with Crippen LogP contribution in [0.3, 0.4) is 0 Å². The lowest BCUT2D eigenvalue weighted by Gasteiger charge is -2.32. The van der Waals surface area contributed by atoms with Gasteiger partial charge in [0.1, 0.15) is 0 Å². The van der Waals surface area contributed by atoms with Crippen LogP contribution in [0.4, 0.5) is 0 Å². The maximum atomic E-state index is 4.66. The van der Waals surface area contributed by atoms with Crippen molar-refractivity contribution >= 4 is 5.96 Å². The zero-order valence-corrected chi connectivity index (χ0v) is 13.2. The van der Waals surface area contributed by atoms with Gasteiger partial charge in [-0.2, -0.15) is 0 Å². The fourth-order valence-corrected chi connectivity index (χ4v) is 2.45. The van der Waals surface area contributed by atoms with E-state index in [0.29, 0.717) is 6.04 Å². The van der Waals surface area contributed by atoms with Crippen molar-refractivity contribution in [1.82, 2.24) is 20.4 Å². The van der Waals surface area contributed by atoms with Crippen LogP contribution in [0.2, 0.25) is 0 Å². The summed E-state index contributed by atoms with van der Waals surface area (Å²) < 4.78 is 0. The van der Waals surface area contributed by atoms with Crippen LogP contribution in [0.25, 0.3) is 0 Å². The number of nitrogens with zero attached hydrogens (tertiary/aromatic N) is 3. The Morgan fingerprint density at radius 3 is 2.55 bits per heavy atom. The molecule has 1 saturated carbocycles.